The molecule has 1 aromatic rings. The van der Waals surface area contributed by atoms with Gasteiger partial charge in [0, 0.05) is 25.3 Å². The van der Waals surface area contributed by atoms with E-state index in [0.717, 1.165) is 25.5 Å². The third-order valence-corrected chi connectivity index (χ3v) is 2.95. The summed E-state index contributed by atoms with van der Waals surface area (Å²) in [5, 5.41) is 3.21. The van der Waals surface area contributed by atoms with Crippen LogP contribution >= 0.6 is 0 Å². The molecule has 0 radical (unpaired) electrons. The van der Waals surface area contributed by atoms with Gasteiger partial charge in [-0.05, 0) is 44.5 Å². The van der Waals surface area contributed by atoms with Crippen LogP contribution in [0.2, 0.25) is 0 Å². The second-order valence-corrected chi connectivity index (χ2v) is 4.62. The van der Waals surface area contributed by atoms with E-state index >= 15 is 0 Å². The fourth-order valence-corrected chi connectivity index (χ4v) is 1.91. The molecule has 0 fully saturated rings. The quantitative estimate of drug-likeness (QED) is 0.822. The molecular formula is C14H25N3. The molecular weight excluding hydrogens is 210 g/mol. The summed E-state index contributed by atoms with van der Waals surface area (Å²) < 4.78 is 0. The average molecular weight is 235 g/mol. The molecule has 0 aromatic carbocycles. The van der Waals surface area contributed by atoms with Gasteiger partial charge in [-0.3, -0.25) is 0 Å². The summed E-state index contributed by atoms with van der Waals surface area (Å²) in [6.45, 7) is 11.6. The molecule has 0 saturated carbocycles. The second-order valence-electron chi connectivity index (χ2n) is 4.62. The Balaban J connectivity index is 3.10. The highest BCUT2D eigenvalue weighted by molar-refractivity contribution is 5.43. The van der Waals surface area contributed by atoms with Gasteiger partial charge < -0.3 is 10.2 Å². The summed E-state index contributed by atoms with van der Waals surface area (Å²) in [5.74, 6) is 1.58. The van der Waals surface area contributed by atoms with E-state index in [1.807, 2.05) is 7.05 Å². The first-order chi connectivity index (χ1) is 8.12. The van der Waals surface area contributed by atoms with Crippen molar-refractivity contribution >= 4 is 5.82 Å². The van der Waals surface area contributed by atoms with E-state index in [2.05, 4.69) is 50.0 Å². The molecule has 1 rings (SSSR count). The van der Waals surface area contributed by atoms with Gasteiger partial charge >= 0.3 is 0 Å². The van der Waals surface area contributed by atoms with Crippen LogP contribution in [0.3, 0.4) is 0 Å². The van der Waals surface area contributed by atoms with Gasteiger partial charge in [0.15, 0.2) is 0 Å². The minimum atomic E-state index is 0.473. The van der Waals surface area contributed by atoms with Crippen LogP contribution in [-0.4, -0.2) is 25.1 Å². The number of pyridine rings is 1. The Kier molecular flexibility index (Phi) is 5.42. The normalized spacial score (nSPS) is 10.9. The lowest BCUT2D eigenvalue weighted by Crippen LogP contribution is -2.24. The van der Waals surface area contributed by atoms with E-state index in [1.54, 1.807) is 0 Å². The summed E-state index contributed by atoms with van der Waals surface area (Å²) in [7, 11) is 1.98. The van der Waals surface area contributed by atoms with E-state index in [4.69, 9.17) is 4.98 Å². The van der Waals surface area contributed by atoms with Crippen LogP contribution in [0, 0.1) is 0 Å². The number of nitrogens with one attached hydrogen (secondary N) is 1. The minimum absolute atomic E-state index is 0.473. The first kappa shape index (κ1) is 14.0. The summed E-state index contributed by atoms with van der Waals surface area (Å²) >= 11 is 0. The first-order valence-electron chi connectivity index (χ1n) is 6.52. The highest BCUT2D eigenvalue weighted by Crippen LogP contribution is 2.20. The Bertz CT molecular complexity index is 343. The molecule has 0 bridgehead atoms. The Hall–Kier alpha value is -1.09. The largest absolute Gasteiger partial charge is 0.357 e. The Labute approximate surface area is 105 Å². The lowest BCUT2D eigenvalue weighted by atomic mass is 10.1. The molecule has 0 aliphatic heterocycles. The van der Waals surface area contributed by atoms with Gasteiger partial charge in [0.2, 0.25) is 0 Å². The zero-order chi connectivity index (χ0) is 12.8. The van der Waals surface area contributed by atoms with Crippen molar-refractivity contribution in [3.05, 3.63) is 23.4 Å². The molecule has 0 aliphatic rings. The maximum Gasteiger partial charge on any atom is 0.129 e. The maximum absolute atomic E-state index is 4.76. The smallest absolute Gasteiger partial charge is 0.129 e. The number of hydrogen-bond donors (Lipinski definition) is 1. The lowest BCUT2D eigenvalue weighted by Gasteiger charge is -2.22. The van der Waals surface area contributed by atoms with Crippen molar-refractivity contribution < 1.29 is 0 Å². The number of rotatable bonds is 6. The Morgan fingerprint density at radius 1 is 1.24 bits per heavy atom. The number of aromatic nitrogens is 1. The first-order valence-corrected chi connectivity index (χ1v) is 6.52. The predicted octanol–water partition coefficient (Wildman–Crippen LogP) is 2.77. The van der Waals surface area contributed by atoms with Gasteiger partial charge in [-0.25, -0.2) is 4.98 Å². The van der Waals surface area contributed by atoms with Gasteiger partial charge in [-0.1, -0.05) is 13.8 Å². The molecule has 96 valence electrons. The van der Waals surface area contributed by atoms with E-state index in [1.165, 1.54) is 11.3 Å². The standard InChI is InChI=1S/C14H25N3/c1-6-17(7-2)14-9-12(10-15-5)8-13(16-14)11(3)4/h8-9,11,15H,6-7,10H2,1-5H3. The average Bonchev–Trinajstić information content (AvgIpc) is 2.31. The van der Waals surface area contributed by atoms with Crippen LogP contribution in [0.25, 0.3) is 0 Å². The van der Waals surface area contributed by atoms with Crippen molar-refractivity contribution in [1.82, 2.24) is 10.3 Å². The van der Waals surface area contributed by atoms with Crippen LogP contribution in [0.1, 0.15) is 44.9 Å². The summed E-state index contributed by atoms with van der Waals surface area (Å²) in [6, 6.07) is 4.39. The predicted molar refractivity (Wildman–Crippen MR) is 74.7 cm³/mol. The minimum Gasteiger partial charge on any atom is -0.357 e. The van der Waals surface area contributed by atoms with E-state index in [9.17, 15) is 0 Å². The fraction of sp³-hybridized carbons (Fsp3) is 0.643. The molecule has 1 aromatic heterocycles. The Morgan fingerprint density at radius 2 is 1.88 bits per heavy atom. The topological polar surface area (TPSA) is 28.2 Å². The van der Waals surface area contributed by atoms with Crippen LogP contribution < -0.4 is 10.2 Å². The monoisotopic (exact) mass is 235 g/mol. The van der Waals surface area contributed by atoms with Gasteiger partial charge in [-0.2, -0.15) is 0 Å². The van der Waals surface area contributed by atoms with Crippen molar-refractivity contribution in [2.75, 3.05) is 25.0 Å². The Morgan fingerprint density at radius 3 is 2.35 bits per heavy atom. The molecule has 0 aliphatic carbocycles. The van der Waals surface area contributed by atoms with Crippen molar-refractivity contribution in [2.24, 2.45) is 0 Å². The molecule has 1 heterocycles. The van der Waals surface area contributed by atoms with E-state index in [0.29, 0.717) is 5.92 Å². The van der Waals surface area contributed by atoms with Crippen molar-refractivity contribution in [3.63, 3.8) is 0 Å². The third kappa shape index (κ3) is 3.70. The maximum atomic E-state index is 4.76. The molecule has 0 spiro atoms. The van der Waals surface area contributed by atoms with Gasteiger partial charge in [0.1, 0.15) is 5.82 Å². The fourth-order valence-electron chi connectivity index (χ4n) is 1.91. The van der Waals surface area contributed by atoms with Crippen molar-refractivity contribution in [3.8, 4) is 0 Å². The SMILES string of the molecule is CCN(CC)c1cc(CNC)cc(C(C)C)n1. The zero-order valence-electron chi connectivity index (χ0n) is 11.7. The molecule has 17 heavy (non-hydrogen) atoms. The van der Waals surface area contributed by atoms with Crippen LogP contribution in [-0.2, 0) is 6.54 Å². The van der Waals surface area contributed by atoms with E-state index < -0.39 is 0 Å². The molecule has 3 heteroatoms. The van der Waals surface area contributed by atoms with E-state index in [-0.39, 0.29) is 0 Å². The lowest BCUT2D eigenvalue weighted by molar-refractivity contribution is 0.770. The number of hydrogen-bond acceptors (Lipinski definition) is 3. The summed E-state index contributed by atoms with van der Waals surface area (Å²) in [5.41, 5.74) is 2.49. The van der Waals surface area contributed by atoms with Crippen molar-refractivity contribution in [1.29, 1.82) is 0 Å². The van der Waals surface area contributed by atoms with Crippen molar-refractivity contribution in [2.45, 2.75) is 40.2 Å². The summed E-state index contributed by atoms with van der Waals surface area (Å²) in [4.78, 5) is 7.05. The summed E-state index contributed by atoms with van der Waals surface area (Å²) in [6.07, 6.45) is 0. The number of nitrogens with zero attached hydrogens (tertiary/aromatic N) is 2. The van der Waals surface area contributed by atoms with Gasteiger partial charge in [0.25, 0.3) is 0 Å². The molecule has 3 nitrogen and oxygen atoms in total. The third-order valence-electron chi connectivity index (χ3n) is 2.95. The van der Waals surface area contributed by atoms with Crippen LogP contribution in [0.15, 0.2) is 12.1 Å². The van der Waals surface area contributed by atoms with Crippen LogP contribution in [0.4, 0.5) is 5.82 Å². The molecule has 1 N–H and O–H groups in total. The zero-order valence-corrected chi connectivity index (χ0v) is 11.7. The second kappa shape index (κ2) is 6.60. The molecule has 0 unspecified atom stereocenters. The molecule has 0 amide bonds. The molecule has 0 saturated heterocycles. The highest BCUT2D eigenvalue weighted by Gasteiger charge is 2.09. The van der Waals surface area contributed by atoms with Crippen LogP contribution in [0.5, 0.6) is 0 Å². The van der Waals surface area contributed by atoms with Gasteiger partial charge in [-0.15, -0.1) is 0 Å². The van der Waals surface area contributed by atoms with Gasteiger partial charge in [0.05, 0.1) is 0 Å². The molecule has 0 atom stereocenters. The highest BCUT2D eigenvalue weighted by atomic mass is 15.2. The number of anilines is 1.